The topological polar surface area (TPSA) is 27.7 Å². The molecule has 0 radical (unpaired) electrons. The fraction of sp³-hybridized carbons (Fsp3) is 0.625. The molecule has 0 saturated carbocycles. The molecule has 0 aromatic heterocycles. The van der Waals surface area contributed by atoms with Crippen LogP contribution >= 0.6 is 0 Å². The van der Waals surface area contributed by atoms with Gasteiger partial charge in [-0.15, -0.1) is 0 Å². The minimum Gasteiger partial charge on any atom is -0.488 e. The van der Waals surface area contributed by atoms with E-state index in [2.05, 4.69) is 39.4 Å². The molecular formula is C16H23N3O. The third-order valence-corrected chi connectivity index (χ3v) is 4.86. The number of rotatable bonds is 3. The van der Waals surface area contributed by atoms with Crippen molar-refractivity contribution in [3.05, 3.63) is 29.8 Å². The van der Waals surface area contributed by atoms with Crippen molar-refractivity contribution in [1.29, 1.82) is 0 Å². The van der Waals surface area contributed by atoms with Crippen molar-refractivity contribution in [2.24, 2.45) is 0 Å². The lowest BCUT2D eigenvalue weighted by molar-refractivity contribution is 0.0544. The second-order valence-electron chi connectivity index (χ2n) is 6.20. The van der Waals surface area contributed by atoms with Gasteiger partial charge in [-0.2, -0.15) is 0 Å². The lowest BCUT2D eigenvalue weighted by atomic mass is 10.1. The van der Waals surface area contributed by atoms with Crippen molar-refractivity contribution in [2.75, 3.05) is 45.8 Å². The summed E-state index contributed by atoms with van der Waals surface area (Å²) in [5, 5.41) is 3.36. The molecule has 4 rings (SSSR count). The van der Waals surface area contributed by atoms with Gasteiger partial charge in [0, 0.05) is 58.3 Å². The molecule has 1 aromatic carbocycles. The summed E-state index contributed by atoms with van der Waals surface area (Å²) >= 11 is 0. The Morgan fingerprint density at radius 2 is 1.90 bits per heavy atom. The summed E-state index contributed by atoms with van der Waals surface area (Å²) in [6, 6.07) is 9.25. The lowest BCUT2D eigenvalue weighted by Crippen LogP contribution is -2.62. The van der Waals surface area contributed by atoms with Crippen molar-refractivity contribution >= 4 is 0 Å². The Morgan fingerprint density at radius 1 is 1.10 bits per heavy atom. The van der Waals surface area contributed by atoms with Gasteiger partial charge in [-0.25, -0.2) is 0 Å². The van der Waals surface area contributed by atoms with E-state index >= 15 is 0 Å². The van der Waals surface area contributed by atoms with Crippen LogP contribution in [0.1, 0.15) is 5.56 Å². The summed E-state index contributed by atoms with van der Waals surface area (Å²) in [4.78, 5) is 5.20. The maximum atomic E-state index is 6.05. The van der Waals surface area contributed by atoms with Crippen LogP contribution in [0.15, 0.2) is 24.3 Å². The molecule has 1 unspecified atom stereocenters. The first kappa shape index (κ1) is 12.6. The van der Waals surface area contributed by atoms with E-state index in [9.17, 15) is 0 Å². The number of fused-ring (bicyclic) bond motifs is 1. The Bertz CT molecular complexity index is 442. The highest BCUT2D eigenvalue weighted by atomic mass is 16.5. The Labute approximate surface area is 120 Å². The molecule has 20 heavy (non-hydrogen) atoms. The van der Waals surface area contributed by atoms with Crippen LogP contribution in [0.5, 0.6) is 5.75 Å². The number of piperazine rings is 1. The van der Waals surface area contributed by atoms with Crippen LogP contribution in [0, 0.1) is 0 Å². The molecule has 0 aliphatic carbocycles. The molecule has 0 amide bonds. The first-order valence-electron chi connectivity index (χ1n) is 7.80. The van der Waals surface area contributed by atoms with E-state index in [1.165, 1.54) is 44.8 Å². The first-order valence-corrected chi connectivity index (χ1v) is 7.80. The van der Waals surface area contributed by atoms with E-state index in [4.69, 9.17) is 4.74 Å². The average Bonchev–Trinajstić information content (AvgIpc) is 2.81. The van der Waals surface area contributed by atoms with Gasteiger partial charge < -0.3 is 10.1 Å². The normalized spacial score (nSPS) is 27.9. The molecular weight excluding hydrogens is 250 g/mol. The fourth-order valence-electron chi connectivity index (χ4n) is 3.49. The predicted molar refractivity (Wildman–Crippen MR) is 79.2 cm³/mol. The third-order valence-electron chi connectivity index (χ3n) is 4.86. The maximum absolute atomic E-state index is 6.05. The van der Waals surface area contributed by atoms with Gasteiger partial charge in [0.15, 0.2) is 0 Å². The Balaban J connectivity index is 1.27. The zero-order chi connectivity index (χ0) is 13.4. The van der Waals surface area contributed by atoms with Crippen LogP contribution < -0.4 is 10.1 Å². The average molecular weight is 273 g/mol. The standard InChI is InChI=1S/C16H23N3O/c1-2-4-16-13(3-1)9-15(20-16)12-18-5-7-19(8-6-18)14-10-17-11-14/h1-4,14-15,17H,5-12H2. The molecule has 3 aliphatic heterocycles. The highest BCUT2D eigenvalue weighted by Gasteiger charge is 2.30. The monoisotopic (exact) mass is 273 g/mol. The highest BCUT2D eigenvalue weighted by molar-refractivity contribution is 5.37. The predicted octanol–water partition coefficient (Wildman–Crippen LogP) is 0.580. The van der Waals surface area contributed by atoms with Crippen LogP contribution in [-0.4, -0.2) is 67.8 Å². The van der Waals surface area contributed by atoms with Gasteiger partial charge in [0.1, 0.15) is 11.9 Å². The van der Waals surface area contributed by atoms with Gasteiger partial charge in [0.25, 0.3) is 0 Å². The number of hydrogen-bond donors (Lipinski definition) is 1. The first-order chi connectivity index (χ1) is 9.88. The zero-order valence-electron chi connectivity index (χ0n) is 11.9. The van der Waals surface area contributed by atoms with Gasteiger partial charge in [-0.1, -0.05) is 18.2 Å². The highest BCUT2D eigenvalue weighted by Crippen LogP contribution is 2.28. The van der Waals surface area contributed by atoms with Gasteiger partial charge in [-0.05, 0) is 11.6 Å². The van der Waals surface area contributed by atoms with Gasteiger partial charge in [-0.3, -0.25) is 9.80 Å². The molecule has 4 heteroatoms. The van der Waals surface area contributed by atoms with Crippen molar-refractivity contribution in [1.82, 2.24) is 15.1 Å². The van der Waals surface area contributed by atoms with E-state index in [1.54, 1.807) is 0 Å². The lowest BCUT2D eigenvalue weighted by Gasteiger charge is -2.43. The second-order valence-corrected chi connectivity index (χ2v) is 6.20. The molecule has 1 N–H and O–H groups in total. The van der Waals surface area contributed by atoms with E-state index in [0.29, 0.717) is 6.10 Å². The smallest absolute Gasteiger partial charge is 0.123 e. The second kappa shape index (κ2) is 5.35. The number of benzene rings is 1. The van der Waals surface area contributed by atoms with Crippen LogP contribution in [0.3, 0.4) is 0 Å². The molecule has 1 aromatic rings. The SMILES string of the molecule is c1ccc2c(c1)CC(CN1CCN(C3CNC3)CC1)O2. The van der Waals surface area contributed by atoms with Crippen molar-refractivity contribution in [2.45, 2.75) is 18.6 Å². The Hall–Kier alpha value is -1.10. The molecule has 3 aliphatic rings. The summed E-state index contributed by atoms with van der Waals surface area (Å²) in [5.41, 5.74) is 1.37. The number of hydrogen-bond acceptors (Lipinski definition) is 4. The van der Waals surface area contributed by atoms with E-state index in [1.807, 2.05) is 0 Å². The summed E-state index contributed by atoms with van der Waals surface area (Å²) < 4.78 is 6.05. The van der Waals surface area contributed by atoms with Crippen LogP contribution in [0.25, 0.3) is 0 Å². The van der Waals surface area contributed by atoms with Crippen LogP contribution in [0.4, 0.5) is 0 Å². The third kappa shape index (κ3) is 2.43. The molecule has 0 bridgehead atoms. The molecule has 2 fully saturated rings. The van der Waals surface area contributed by atoms with Crippen molar-refractivity contribution in [3.63, 3.8) is 0 Å². The van der Waals surface area contributed by atoms with Crippen molar-refractivity contribution < 1.29 is 4.74 Å². The Morgan fingerprint density at radius 3 is 2.60 bits per heavy atom. The summed E-state index contributed by atoms with van der Waals surface area (Å²) in [7, 11) is 0. The van der Waals surface area contributed by atoms with Gasteiger partial charge >= 0.3 is 0 Å². The minimum atomic E-state index is 0.351. The van der Waals surface area contributed by atoms with E-state index in [0.717, 1.165) is 24.8 Å². The fourth-order valence-corrected chi connectivity index (χ4v) is 3.49. The molecule has 0 spiro atoms. The molecule has 3 heterocycles. The summed E-state index contributed by atoms with van der Waals surface area (Å²) in [6.45, 7) is 8.24. The number of nitrogens with one attached hydrogen (secondary N) is 1. The zero-order valence-corrected chi connectivity index (χ0v) is 11.9. The summed E-state index contributed by atoms with van der Waals surface area (Å²) in [6.07, 6.45) is 1.42. The van der Waals surface area contributed by atoms with Gasteiger partial charge in [0.05, 0.1) is 0 Å². The molecule has 1 atom stereocenters. The molecule has 2 saturated heterocycles. The number of nitrogens with zero attached hydrogens (tertiary/aromatic N) is 2. The van der Waals surface area contributed by atoms with Crippen molar-refractivity contribution in [3.8, 4) is 5.75 Å². The number of ether oxygens (including phenoxy) is 1. The molecule has 108 valence electrons. The quantitative estimate of drug-likeness (QED) is 0.872. The van der Waals surface area contributed by atoms with Crippen LogP contribution in [-0.2, 0) is 6.42 Å². The maximum Gasteiger partial charge on any atom is 0.123 e. The summed E-state index contributed by atoms with van der Waals surface area (Å²) in [5.74, 6) is 1.09. The minimum absolute atomic E-state index is 0.351. The Kier molecular flexibility index (Phi) is 3.38. The van der Waals surface area contributed by atoms with E-state index < -0.39 is 0 Å². The van der Waals surface area contributed by atoms with Crippen LogP contribution in [0.2, 0.25) is 0 Å². The van der Waals surface area contributed by atoms with E-state index in [-0.39, 0.29) is 0 Å². The largest absolute Gasteiger partial charge is 0.488 e. The molecule has 4 nitrogen and oxygen atoms in total. The number of para-hydroxylation sites is 1. The van der Waals surface area contributed by atoms with Gasteiger partial charge in [0.2, 0.25) is 0 Å².